The van der Waals surface area contributed by atoms with Gasteiger partial charge in [0.1, 0.15) is 5.75 Å². The Morgan fingerprint density at radius 2 is 2.20 bits per heavy atom. The fourth-order valence-corrected chi connectivity index (χ4v) is 2.63. The summed E-state index contributed by atoms with van der Waals surface area (Å²) in [7, 11) is 0. The number of hydrogen-bond acceptors (Lipinski definition) is 2. The zero-order chi connectivity index (χ0) is 10.8. The van der Waals surface area contributed by atoms with Crippen molar-refractivity contribution in [2.24, 2.45) is 5.73 Å². The highest BCUT2D eigenvalue weighted by Gasteiger charge is 2.20. The number of nitrogens with two attached hydrogens (primary N) is 1. The van der Waals surface area contributed by atoms with Crippen LogP contribution in [0.3, 0.4) is 0 Å². The first-order chi connectivity index (χ1) is 7.24. The monoisotopic (exact) mass is 205 g/mol. The molecule has 0 heterocycles. The van der Waals surface area contributed by atoms with Crippen LogP contribution in [0.1, 0.15) is 42.4 Å². The molecule has 0 saturated carbocycles. The topological polar surface area (TPSA) is 46.2 Å². The van der Waals surface area contributed by atoms with Gasteiger partial charge in [-0.05, 0) is 55.3 Å². The second-order valence-corrected chi connectivity index (χ2v) is 4.47. The lowest BCUT2D eigenvalue weighted by Gasteiger charge is -2.17. The average molecular weight is 205 g/mol. The van der Waals surface area contributed by atoms with E-state index in [2.05, 4.69) is 13.0 Å². The van der Waals surface area contributed by atoms with Gasteiger partial charge >= 0.3 is 0 Å². The lowest BCUT2D eigenvalue weighted by atomic mass is 9.90. The van der Waals surface area contributed by atoms with Crippen LogP contribution in [0.15, 0.2) is 12.1 Å². The molecule has 0 saturated heterocycles. The molecule has 82 valence electrons. The Morgan fingerprint density at radius 1 is 1.40 bits per heavy atom. The molecule has 1 atom stereocenters. The number of phenols is 1. The normalized spacial score (nSPS) is 16.4. The zero-order valence-corrected chi connectivity index (χ0v) is 9.29. The van der Waals surface area contributed by atoms with Crippen LogP contribution in [0.25, 0.3) is 0 Å². The number of hydrogen-bond donors (Lipinski definition) is 2. The van der Waals surface area contributed by atoms with E-state index in [4.69, 9.17) is 5.73 Å². The quantitative estimate of drug-likeness (QED) is 0.795. The molecule has 0 amide bonds. The molecule has 0 spiro atoms. The van der Waals surface area contributed by atoms with Crippen molar-refractivity contribution in [3.05, 3.63) is 28.8 Å². The fourth-order valence-electron chi connectivity index (χ4n) is 2.63. The minimum atomic E-state index is 0.378. The van der Waals surface area contributed by atoms with E-state index < -0.39 is 0 Å². The molecule has 0 fully saturated rings. The molecule has 0 radical (unpaired) electrons. The summed E-state index contributed by atoms with van der Waals surface area (Å²) in [4.78, 5) is 0. The van der Waals surface area contributed by atoms with E-state index in [0.717, 1.165) is 24.8 Å². The number of phenolic OH excluding ortho intramolecular Hbond substituents is 1. The maximum absolute atomic E-state index is 9.93. The Kier molecular flexibility index (Phi) is 2.96. The second kappa shape index (κ2) is 4.23. The number of aryl methyl sites for hydroxylation is 1. The third kappa shape index (κ3) is 1.86. The minimum absolute atomic E-state index is 0.378. The summed E-state index contributed by atoms with van der Waals surface area (Å²) >= 11 is 0. The van der Waals surface area contributed by atoms with E-state index in [1.807, 2.05) is 6.07 Å². The molecular formula is C13H19NO. The third-order valence-corrected chi connectivity index (χ3v) is 3.40. The van der Waals surface area contributed by atoms with E-state index in [1.54, 1.807) is 0 Å². The van der Waals surface area contributed by atoms with E-state index in [9.17, 15) is 5.11 Å². The Hall–Kier alpha value is -1.02. The summed E-state index contributed by atoms with van der Waals surface area (Å²) in [6, 6.07) is 3.91. The van der Waals surface area contributed by atoms with Crippen LogP contribution in [0, 0.1) is 0 Å². The summed E-state index contributed by atoms with van der Waals surface area (Å²) in [5, 5.41) is 9.93. The van der Waals surface area contributed by atoms with E-state index >= 15 is 0 Å². The minimum Gasteiger partial charge on any atom is -0.508 e. The first kappa shape index (κ1) is 10.5. The summed E-state index contributed by atoms with van der Waals surface area (Å²) < 4.78 is 0. The lowest BCUT2D eigenvalue weighted by Crippen LogP contribution is -2.07. The number of benzene rings is 1. The van der Waals surface area contributed by atoms with Crippen molar-refractivity contribution in [3.63, 3.8) is 0 Å². The molecule has 3 N–H and O–H groups in total. The molecule has 0 aliphatic heterocycles. The maximum Gasteiger partial charge on any atom is 0.119 e. The average Bonchev–Trinajstić information content (AvgIpc) is 2.65. The third-order valence-electron chi connectivity index (χ3n) is 3.40. The number of rotatable bonds is 3. The van der Waals surface area contributed by atoms with E-state index in [0.29, 0.717) is 18.2 Å². The van der Waals surface area contributed by atoms with Gasteiger partial charge in [-0.3, -0.25) is 0 Å². The summed E-state index contributed by atoms with van der Waals surface area (Å²) in [6.07, 6.45) is 4.46. The van der Waals surface area contributed by atoms with E-state index in [1.165, 1.54) is 17.5 Å². The first-order valence-electron chi connectivity index (χ1n) is 5.77. The standard InChI is InChI=1S/C13H19NO/c1-9(7-8-14)13-11-4-2-3-10(11)5-6-12(13)15/h5-6,9,15H,2-4,7-8,14H2,1H3. The molecule has 2 heteroatoms. The zero-order valence-electron chi connectivity index (χ0n) is 9.29. The van der Waals surface area contributed by atoms with Gasteiger partial charge in [-0.15, -0.1) is 0 Å². The van der Waals surface area contributed by atoms with Crippen LogP contribution >= 0.6 is 0 Å². The van der Waals surface area contributed by atoms with Gasteiger partial charge in [0.05, 0.1) is 0 Å². The lowest BCUT2D eigenvalue weighted by molar-refractivity contribution is 0.459. The molecule has 0 aromatic heterocycles. The summed E-state index contributed by atoms with van der Waals surface area (Å²) in [6.45, 7) is 2.84. The van der Waals surface area contributed by atoms with Crippen LogP contribution in [-0.2, 0) is 12.8 Å². The van der Waals surface area contributed by atoms with Gasteiger partial charge in [0, 0.05) is 5.56 Å². The van der Waals surface area contributed by atoms with Crippen molar-refractivity contribution in [1.29, 1.82) is 0 Å². The summed E-state index contributed by atoms with van der Waals surface area (Å²) in [5.74, 6) is 0.833. The molecule has 2 nitrogen and oxygen atoms in total. The molecule has 1 aromatic rings. The van der Waals surface area contributed by atoms with Crippen LogP contribution in [0.5, 0.6) is 5.75 Å². The Balaban J connectivity index is 2.40. The van der Waals surface area contributed by atoms with Crippen molar-refractivity contribution in [2.45, 2.75) is 38.5 Å². The molecule has 1 aromatic carbocycles. The highest BCUT2D eigenvalue weighted by molar-refractivity contribution is 5.48. The van der Waals surface area contributed by atoms with Crippen molar-refractivity contribution < 1.29 is 5.11 Å². The molecule has 2 rings (SSSR count). The predicted octanol–water partition coefficient (Wildman–Crippen LogP) is 2.33. The van der Waals surface area contributed by atoms with Crippen LogP contribution in [0.2, 0.25) is 0 Å². The van der Waals surface area contributed by atoms with Crippen LogP contribution in [-0.4, -0.2) is 11.7 Å². The van der Waals surface area contributed by atoms with Gasteiger partial charge in [0.25, 0.3) is 0 Å². The molecule has 0 bridgehead atoms. The second-order valence-electron chi connectivity index (χ2n) is 4.47. The van der Waals surface area contributed by atoms with E-state index in [-0.39, 0.29) is 0 Å². The Morgan fingerprint density at radius 3 is 2.93 bits per heavy atom. The van der Waals surface area contributed by atoms with Gasteiger partial charge in [0.15, 0.2) is 0 Å². The molecule has 1 unspecified atom stereocenters. The molecular weight excluding hydrogens is 186 g/mol. The van der Waals surface area contributed by atoms with Gasteiger partial charge < -0.3 is 10.8 Å². The molecule has 15 heavy (non-hydrogen) atoms. The van der Waals surface area contributed by atoms with Gasteiger partial charge in [-0.2, -0.15) is 0 Å². The SMILES string of the molecule is CC(CCN)c1c(O)ccc2c1CCC2. The number of aromatic hydroxyl groups is 1. The highest BCUT2D eigenvalue weighted by Crippen LogP contribution is 2.37. The number of fused-ring (bicyclic) bond motifs is 1. The van der Waals surface area contributed by atoms with Crippen molar-refractivity contribution in [3.8, 4) is 5.75 Å². The van der Waals surface area contributed by atoms with Crippen molar-refractivity contribution >= 4 is 0 Å². The molecule has 1 aliphatic rings. The van der Waals surface area contributed by atoms with Gasteiger partial charge in [-0.1, -0.05) is 13.0 Å². The van der Waals surface area contributed by atoms with Crippen LogP contribution < -0.4 is 5.73 Å². The highest BCUT2D eigenvalue weighted by atomic mass is 16.3. The largest absolute Gasteiger partial charge is 0.508 e. The van der Waals surface area contributed by atoms with Crippen molar-refractivity contribution in [2.75, 3.05) is 6.54 Å². The van der Waals surface area contributed by atoms with Gasteiger partial charge in [-0.25, -0.2) is 0 Å². The first-order valence-corrected chi connectivity index (χ1v) is 5.77. The Labute approximate surface area is 91.1 Å². The smallest absolute Gasteiger partial charge is 0.119 e. The fraction of sp³-hybridized carbons (Fsp3) is 0.538. The molecule has 1 aliphatic carbocycles. The predicted molar refractivity (Wildman–Crippen MR) is 62.2 cm³/mol. The van der Waals surface area contributed by atoms with Gasteiger partial charge in [0.2, 0.25) is 0 Å². The Bertz CT molecular complexity index is 360. The van der Waals surface area contributed by atoms with Crippen LogP contribution in [0.4, 0.5) is 0 Å². The maximum atomic E-state index is 9.93. The summed E-state index contributed by atoms with van der Waals surface area (Å²) in [5.41, 5.74) is 9.54. The van der Waals surface area contributed by atoms with Crippen molar-refractivity contribution in [1.82, 2.24) is 0 Å².